The van der Waals surface area contributed by atoms with Gasteiger partial charge in [0, 0.05) is 0 Å². The van der Waals surface area contributed by atoms with Crippen LogP contribution in [-0.4, -0.2) is 71.7 Å². The summed E-state index contributed by atoms with van der Waals surface area (Å²) < 4.78 is 0. The summed E-state index contributed by atoms with van der Waals surface area (Å²) >= 11 is 0. The molecule has 30 heavy (non-hydrogen) atoms. The SMILES string of the molecule is CCN(CC)[C@@H]1CC(=O)N(c2ccc(N3C(=O)C[C@H](N(CC)CC)C3=O)cc2)C1=O. The van der Waals surface area contributed by atoms with Gasteiger partial charge < -0.3 is 0 Å². The number of benzene rings is 1. The lowest BCUT2D eigenvalue weighted by Crippen LogP contribution is -2.42. The number of anilines is 2. The van der Waals surface area contributed by atoms with Gasteiger partial charge >= 0.3 is 0 Å². The molecule has 0 unspecified atom stereocenters. The van der Waals surface area contributed by atoms with Crippen LogP contribution in [0.1, 0.15) is 40.5 Å². The van der Waals surface area contributed by atoms with E-state index >= 15 is 0 Å². The minimum absolute atomic E-state index is 0.164. The highest BCUT2D eigenvalue weighted by molar-refractivity contribution is 6.24. The molecule has 8 heteroatoms. The summed E-state index contributed by atoms with van der Waals surface area (Å²) in [5.74, 6) is -0.933. The minimum Gasteiger partial charge on any atom is -0.292 e. The zero-order chi connectivity index (χ0) is 22.0. The Hall–Kier alpha value is -2.58. The number of carbonyl (C=O) groups excluding carboxylic acids is 4. The van der Waals surface area contributed by atoms with Crippen molar-refractivity contribution >= 4 is 35.0 Å². The van der Waals surface area contributed by atoms with Gasteiger partial charge in [0.15, 0.2) is 0 Å². The fourth-order valence-corrected chi connectivity index (χ4v) is 4.42. The van der Waals surface area contributed by atoms with Crippen LogP contribution in [0.15, 0.2) is 24.3 Å². The number of likely N-dealkylation sites (N-methyl/N-ethyl adjacent to an activating group) is 2. The third-order valence-corrected chi connectivity index (χ3v) is 6.12. The molecule has 2 heterocycles. The predicted molar refractivity (Wildman–Crippen MR) is 114 cm³/mol. The molecule has 3 rings (SSSR count). The van der Waals surface area contributed by atoms with E-state index < -0.39 is 12.1 Å². The van der Waals surface area contributed by atoms with Crippen molar-refractivity contribution in [2.75, 3.05) is 36.0 Å². The average Bonchev–Trinajstić information content (AvgIpc) is 3.19. The fraction of sp³-hybridized carbons (Fsp3) is 0.545. The van der Waals surface area contributed by atoms with Crippen molar-refractivity contribution in [2.45, 2.75) is 52.6 Å². The van der Waals surface area contributed by atoms with Crippen molar-refractivity contribution in [3.8, 4) is 0 Å². The quantitative estimate of drug-likeness (QED) is 0.602. The van der Waals surface area contributed by atoms with Crippen LogP contribution in [0.3, 0.4) is 0 Å². The molecule has 0 radical (unpaired) electrons. The van der Waals surface area contributed by atoms with Crippen LogP contribution < -0.4 is 9.80 Å². The molecule has 2 aliphatic heterocycles. The number of carbonyl (C=O) groups is 4. The van der Waals surface area contributed by atoms with Gasteiger partial charge in [-0.25, -0.2) is 9.80 Å². The van der Waals surface area contributed by atoms with Crippen LogP contribution in [0.25, 0.3) is 0 Å². The van der Waals surface area contributed by atoms with Crippen molar-refractivity contribution in [2.24, 2.45) is 0 Å². The Balaban J connectivity index is 1.80. The topological polar surface area (TPSA) is 81.2 Å². The van der Waals surface area contributed by atoms with E-state index in [2.05, 4.69) is 0 Å². The Labute approximate surface area is 177 Å². The van der Waals surface area contributed by atoms with Crippen LogP contribution in [0.2, 0.25) is 0 Å². The Morgan fingerprint density at radius 3 is 1.23 bits per heavy atom. The molecule has 162 valence electrons. The number of nitrogens with zero attached hydrogens (tertiary/aromatic N) is 4. The first-order chi connectivity index (χ1) is 14.4. The van der Waals surface area contributed by atoms with Gasteiger partial charge in [0.25, 0.3) is 11.8 Å². The summed E-state index contributed by atoms with van der Waals surface area (Å²) in [7, 11) is 0. The maximum absolute atomic E-state index is 12.8. The van der Waals surface area contributed by atoms with Crippen LogP contribution in [0, 0.1) is 0 Å². The number of amides is 4. The van der Waals surface area contributed by atoms with Crippen molar-refractivity contribution in [1.29, 1.82) is 0 Å². The van der Waals surface area contributed by atoms with E-state index in [-0.39, 0.29) is 36.5 Å². The van der Waals surface area contributed by atoms with Crippen LogP contribution in [0.4, 0.5) is 11.4 Å². The smallest absolute Gasteiger partial charge is 0.251 e. The molecular weight excluding hydrogens is 384 g/mol. The second-order valence-electron chi connectivity index (χ2n) is 7.53. The van der Waals surface area contributed by atoms with Crippen LogP contribution >= 0.6 is 0 Å². The largest absolute Gasteiger partial charge is 0.292 e. The molecule has 0 spiro atoms. The van der Waals surface area contributed by atoms with Gasteiger partial charge in [0.05, 0.1) is 36.3 Å². The molecule has 0 aliphatic carbocycles. The lowest BCUT2D eigenvalue weighted by Gasteiger charge is -2.25. The average molecular weight is 415 g/mol. The summed E-state index contributed by atoms with van der Waals surface area (Å²) in [5.41, 5.74) is 0.922. The van der Waals surface area contributed by atoms with Gasteiger partial charge in [-0.05, 0) is 50.4 Å². The summed E-state index contributed by atoms with van der Waals surface area (Å²) in [6, 6.07) is 5.62. The second kappa shape index (κ2) is 9.06. The standard InChI is InChI=1S/C22H30N4O4/c1-5-23(6-2)17-13-19(27)25(21(17)29)15-9-11-16(12-10-15)26-20(28)14-18(22(26)30)24(7-3)8-4/h9-12,17-18H,5-8,13-14H2,1-4H3/t17-,18+. The van der Waals surface area contributed by atoms with E-state index in [1.54, 1.807) is 24.3 Å². The predicted octanol–water partition coefficient (Wildman–Crippen LogP) is 1.63. The lowest BCUT2D eigenvalue weighted by atomic mass is 10.2. The summed E-state index contributed by atoms with van der Waals surface area (Å²) in [6.45, 7) is 10.6. The molecule has 2 fully saturated rings. The zero-order valence-electron chi connectivity index (χ0n) is 18.1. The maximum atomic E-state index is 12.8. The Kier molecular flexibility index (Phi) is 6.67. The molecule has 0 aromatic heterocycles. The molecule has 0 N–H and O–H groups in total. The normalized spacial score (nSPS) is 22.3. The van der Waals surface area contributed by atoms with Crippen LogP contribution in [-0.2, 0) is 19.2 Å². The van der Waals surface area contributed by atoms with Gasteiger partial charge in [-0.1, -0.05) is 27.7 Å². The zero-order valence-corrected chi connectivity index (χ0v) is 18.1. The van der Waals surface area contributed by atoms with E-state index in [9.17, 15) is 19.2 Å². The molecule has 0 saturated carbocycles. The van der Waals surface area contributed by atoms with Crippen molar-refractivity contribution in [3.05, 3.63) is 24.3 Å². The molecule has 0 bridgehead atoms. The fourth-order valence-electron chi connectivity index (χ4n) is 4.42. The highest BCUT2D eigenvalue weighted by Gasteiger charge is 2.43. The van der Waals surface area contributed by atoms with Crippen molar-refractivity contribution in [1.82, 2.24) is 9.80 Å². The molecule has 2 aliphatic rings. The summed E-state index contributed by atoms with van der Waals surface area (Å²) in [6.07, 6.45) is 0.327. The Bertz CT molecular complexity index is 761. The van der Waals surface area contributed by atoms with Crippen LogP contribution in [0.5, 0.6) is 0 Å². The first-order valence-corrected chi connectivity index (χ1v) is 10.7. The van der Waals surface area contributed by atoms with E-state index in [0.29, 0.717) is 37.6 Å². The highest BCUT2D eigenvalue weighted by atomic mass is 16.2. The third kappa shape index (κ3) is 3.77. The van der Waals surface area contributed by atoms with Gasteiger partial charge in [0.1, 0.15) is 0 Å². The first kappa shape index (κ1) is 22.1. The van der Waals surface area contributed by atoms with Gasteiger partial charge in [-0.2, -0.15) is 0 Å². The molecular formula is C22H30N4O4. The number of imide groups is 2. The van der Waals surface area contributed by atoms with Gasteiger partial charge in [-0.3, -0.25) is 29.0 Å². The van der Waals surface area contributed by atoms with Gasteiger partial charge in [-0.15, -0.1) is 0 Å². The third-order valence-electron chi connectivity index (χ3n) is 6.12. The Morgan fingerprint density at radius 2 is 0.967 bits per heavy atom. The molecule has 1 aromatic rings. The van der Waals surface area contributed by atoms with E-state index in [1.807, 2.05) is 37.5 Å². The van der Waals surface area contributed by atoms with E-state index in [4.69, 9.17) is 0 Å². The number of rotatable bonds is 8. The minimum atomic E-state index is -0.441. The maximum Gasteiger partial charge on any atom is 0.251 e. The summed E-state index contributed by atoms with van der Waals surface area (Å²) in [4.78, 5) is 57.1. The van der Waals surface area contributed by atoms with Crippen molar-refractivity contribution in [3.63, 3.8) is 0 Å². The second-order valence-corrected chi connectivity index (χ2v) is 7.53. The molecule has 4 amide bonds. The first-order valence-electron chi connectivity index (χ1n) is 10.7. The van der Waals surface area contributed by atoms with E-state index in [1.165, 1.54) is 9.80 Å². The molecule has 1 aromatic carbocycles. The lowest BCUT2D eigenvalue weighted by molar-refractivity contribution is -0.124. The van der Waals surface area contributed by atoms with Crippen molar-refractivity contribution < 1.29 is 19.2 Å². The molecule has 2 atom stereocenters. The monoisotopic (exact) mass is 414 g/mol. The molecule has 2 saturated heterocycles. The van der Waals surface area contributed by atoms with E-state index in [0.717, 1.165) is 0 Å². The highest BCUT2D eigenvalue weighted by Crippen LogP contribution is 2.30. The Morgan fingerprint density at radius 1 is 0.667 bits per heavy atom. The number of hydrogen-bond donors (Lipinski definition) is 0. The molecule has 8 nitrogen and oxygen atoms in total. The van der Waals surface area contributed by atoms with Gasteiger partial charge in [0.2, 0.25) is 11.8 Å². The number of hydrogen-bond acceptors (Lipinski definition) is 6. The summed E-state index contributed by atoms with van der Waals surface area (Å²) in [5, 5.41) is 0.